The zero-order valence-electron chi connectivity index (χ0n) is 14.6. The number of nitrogens with zero attached hydrogens (tertiary/aromatic N) is 1. The van der Waals surface area contributed by atoms with Crippen molar-refractivity contribution in [1.29, 1.82) is 0 Å². The van der Waals surface area contributed by atoms with E-state index in [-0.39, 0.29) is 11.9 Å². The second-order valence-electron chi connectivity index (χ2n) is 6.28. The van der Waals surface area contributed by atoms with E-state index in [9.17, 15) is 4.79 Å². The van der Waals surface area contributed by atoms with Gasteiger partial charge in [-0.3, -0.25) is 4.79 Å². The highest BCUT2D eigenvalue weighted by Crippen LogP contribution is 2.24. The molecule has 2 atom stereocenters. The van der Waals surface area contributed by atoms with E-state index in [1.165, 1.54) is 4.70 Å². The van der Waals surface area contributed by atoms with Gasteiger partial charge in [0.15, 0.2) is 11.6 Å². The molecule has 7 heteroatoms. The van der Waals surface area contributed by atoms with Gasteiger partial charge in [-0.2, -0.15) is 0 Å². The van der Waals surface area contributed by atoms with E-state index in [4.69, 9.17) is 28.2 Å². The second-order valence-corrected chi connectivity index (χ2v) is 8.18. The Kier molecular flexibility index (Phi) is 6.14. The molecular weight excluding hydrogens is 389 g/mol. The molecule has 0 radical (unpaired) electrons. The first-order valence-corrected chi connectivity index (χ1v) is 9.89. The summed E-state index contributed by atoms with van der Waals surface area (Å²) in [4.78, 5) is 18.1. The monoisotopic (exact) mass is 408 g/mol. The minimum atomic E-state index is -0.0264. The number of likely N-dealkylation sites (N-methyl/N-ethyl adjacent to an activating group) is 1. The van der Waals surface area contributed by atoms with Gasteiger partial charge in [-0.25, -0.2) is 4.98 Å². The number of carbonyl (C=O) groups is 1. The summed E-state index contributed by atoms with van der Waals surface area (Å²) in [7, 11) is 2.01. The topological polar surface area (TPSA) is 46.4 Å². The van der Waals surface area contributed by atoms with E-state index in [2.05, 4.69) is 18.3 Å². The molecule has 136 valence electrons. The number of hydrogen-bond donors (Lipinski definition) is 2. The summed E-state index contributed by atoms with van der Waals surface area (Å²) in [5, 5.41) is 5.10. The van der Waals surface area contributed by atoms with Crippen LogP contribution in [0.2, 0.25) is 10.0 Å². The summed E-state index contributed by atoms with van der Waals surface area (Å²) in [6.45, 7) is 2.84. The molecule has 0 spiro atoms. The van der Waals surface area contributed by atoms with Gasteiger partial charge in [-0.15, -0.1) is 11.3 Å². The summed E-state index contributed by atoms with van der Waals surface area (Å²) in [6, 6.07) is 13.5. The molecule has 0 aliphatic carbocycles. The number of hydrogen-bond acceptors (Lipinski definition) is 3. The van der Waals surface area contributed by atoms with Crippen LogP contribution in [-0.2, 0) is 11.3 Å². The Hall–Kier alpha value is -1.66. The Morgan fingerprint density at radius 2 is 2.04 bits per heavy atom. The highest BCUT2D eigenvalue weighted by atomic mass is 35.5. The molecule has 0 aliphatic heterocycles. The van der Waals surface area contributed by atoms with Crippen molar-refractivity contribution < 1.29 is 9.69 Å². The quantitative estimate of drug-likeness (QED) is 0.655. The number of aromatic nitrogens is 1. The lowest BCUT2D eigenvalue weighted by molar-refractivity contribution is -0.902. The van der Waals surface area contributed by atoms with Gasteiger partial charge in [0.2, 0.25) is 0 Å². The average molecular weight is 409 g/mol. The molecule has 3 aromatic rings. The maximum absolute atomic E-state index is 12.3. The van der Waals surface area contributed by atoms with Gasteiger partial charge in [-0.05, 0) is 36.8 Å². The van der Waals surface area contributed by atoms with Crippen molar-refractivity contribution in [3.8, 4) is 0 Å². The van der Waals surface area contributed by atoms with Crippen LogP contribution in [-0.4, -0.2) is 24.5 Å². The van der Waals surface area contributed by atoms with E-state index >= 15 is 0 Å². The van der Waals surface area contributed by atoms with E-state index in [1.807, 2.05) is 31.3 Å². The van der Waals surface area contributed by atoms with Gasteiger partial charge in [0.25, 0.3) is 5.91 Å². The van der Waals surface area contributed by atoms with E-state index in [1.54, 1.807) is 23.5 Å². The van der Waals surface area contributed by atoms with Gasteiger partial charge >= 0.3 is 0 Å². The van der Waals surface area contributed by atoms with Crippen LogP contribution in [0.15, 0.2) is 42.5 Å². The lowest BCUT2D eigenvalue weighted by Crippen LogP contribution is -3.10. The van der Waals surface area contributed by atoms with Crippen molar-refractivity contribution >= 4 is 50.7 Å². The van der Waals surface area contributed by atoms with Gasteiger partial charge < -0.3 is 10.2 Å². The van der Waals surface area contributed by atoms with Crippen LogP contribution < -0.4 is 10.2 Å². The number of nitrogens with one attached hydrogen (secondary N) is 2. The van der Waals surface area contributed by atoms with Crippen LogP contribution in [0.4, 0.5) is 0 Å². The molecule has 0 saturated heterocycles. The Balaban J connectivity index is 1.57. The van der Waals surface area contributed by atoms with Crippen molar-refractivity contribution in [2.75, 3.05) is 13.6 Å². The molecule has 1 heterocycles. The smallest absolute Gasteiger partial charge is 0.275 e. The molecular formula is C19H20Cl2N3OS+. The van der Waals surface area contributed by atoms with Crippen molar-refractivity contribution in [1.82, 2.24) is 10.3 Å². The minimum absolute atomic E-state index is 0.0264. The number of quaternary nitrogens is 1. The Morgan fingerprint density at radius 1 is 1.27 bits per heavy atom. The highest BCUT2D eigenvalue weighted by molar-refractivity contribution is 7.18. The highest BCUT2D eigenvalue weighted by Gasteiger charge is 2.22. The fraction of sp³-hybridized carbons (Fsp3) is 0.263. The van der Waals surface area contributed by atoms with Crippen molar-refractivity contribution in [2.24, 2.45) is 0 Å². The first-order chi connectivity index (χ1) is 12.4. The van der Waals surface area contributed by atoms with Crippen LogP contribution in [0.25, 0.3) is 10.2 Å². The largest absolute Gasteiger partial charge is 0.347 e. The van der Waals surface area contributed by atoms with Gasteiger partial charge in [0, 0.05) is 16.6 Å². The third kappa shape index (κ3) is 4.54. The third-order valence-electron chi connectivity index (χ3n) is 4.35. The normalized spacial score (nSPS) is 13.5. The molecule has 2 N–H and O–H groups in total. The minimum Gasteiger partial charge on any atom is -0.347 e. The zero-order chi connectivity index (χ0) is 18.7. The number of benzene rings is 2. The van der Waals surface area contributed by atoms with E-state index < -0.39 is 0 Å². The molecule has 0 bridgehead atoms. The Labute approximate surface area is 166 Å². The summed E-state index contributed by atoms with van der Waals surface area (Å²) in [6.07, 6.45) is 0. The van der Waals surface area contributed by atoms with Gasteiger partial charge in [0.05, 0.1) is 17.3 Å². The molecule has 1 unspecified atom stereocenters. The molecule has 26 heavy (non-hydrogen) atoms. The molecule has 3 rings (SSSR count). The third-order valence-corrected chi connectivity index (χ3v) is 6.16. The van der Waals surface area contributed by atoms with Crippen LogP contribution in [0, 0.1) is 0 Å². The first kappa shape index (κ1) is 19.1. The van der Waals surface area contributed by atoms with Crippen LogP contribution in [0.1, 0.15) is 23.5 Å². The summed E-state index contributed by atoms with van der Waals surface area (Å²) in [5.74, 6) is -0.0264. The molecule has 0 aliphatic rings. The lowest BCUT2D eigenvalue weighted by atomic mass is 10.2. The fourth-order valence-corrected chi connectivity index (χ4v) is 4.20. The number of rotatable bonds is 6. The molecule has 1 aromatic heterocycles. The van der Waals surface area contributed by atoms with Crippen molar-refractivity contribution in [3.63, 3.8) is 0 Å². The number of fused-ring (bicyclic) bond motifs is 1. The number of halogens is 2. The van der Waals surface area contributed by atoms with Crippen molar-refractivity contribution in [2.45, 2.75) is 19.5 Å². The predicted octanol–water partition coefficient (Wildman–Crippen LogP) is 3.50. The van der Waals surface area contributed by atoms with E-state index in [0.29, 0.717) is 23.1 Å². The van der Waals surface area contributed by atoms with Crippen LogP contribution in [0.5, 0.6) is 0 Å². The Bertz CT molecular complexity index is 895. The van der Waals surface area contributed by atoms with Crippen molar-refractivity contribution in [3.05, 3.63) is 63.1 Å². The SMILES string of the molecule is C[C@H](c1nc2ccccc2s1)[NH+](C)CC(=O)NCc1ccc(Cl)cc1Cl. The second kappa shape index (κ2) is 8.35. The maximum Gasteiger partial charge on any atom is 0.275 e. The van der Waals surface area contributed by atoms with E-state index in [0.717, 1.165) is 21.0 Å². The Morgan fingerprint density at radius 3 is 2.77 bits per heavy atom. The molecule has 2 aromatic carbocycles. The van der Waals surface area contributed by atoms with Gasteiger partial charge in [-0.1, -0.05) is 41.4 Å². The first-order valence-electron chi connectivity index (χ1n) is 8.32. The average Bonchev–Trinajstić information content (AvgIpc) is 3.04. The standard InChI is InChI=1S/C19H19Cl2N3OS/c1-12(19-23-16-5-3-4-6-17(16)26-19)24(2)11-18(25)22-10-13-7-8-14(20)9-15(13)21/h3-9,12H,10-11H2,1-2H3,(H,22,25)/p+1/t12-/m1/s1. The number of carbonyl (C=O) groups excluding carboxylic acids is 1. The number of para-hydroxylation sites is 1. The predicted molar refractivity (Wildman–Crippen MR) is 108 cm³/mol. The number of thiazole rings is 1. The van der Waals surface area contributed by atoms with Gasteiger partial charge in [0.1, 0.15) is 6.04 Å². The molecule has 0 saturated carbocycles. The summed E-state index contributed by atoms with van der Waals surface area (Å²) >= 11 is 13.7. The molecule has 4 nitrogen and oxygen atoms in total. The summed E-state index contributed by atoms with van der Waals surface area (Å²) < 4.78 is 1.17. The zero-order valence-corrected chi connectivity index (χ0v) is 16.9. The molecule has 0 fully saturated rings. The lowest BCUT2D eigenvalue weighted by Gasteiger charge is -2.19. The maximum atomic E-state index is 12.3. The molecule has 1 amide bonds. The fourth-order valence-electron chi connectivity index (χ4n) is 2.61. The summed E-state index contributed by atoms with van der Waals surface area (Å²) in [5.41, 5.74) is 1.86. The van der Waals surface area contributed by atoms with Crippen LogP contribution >= 0.6 is 34.5 Å². The number of amides is 1. The van der Waals surface area contributed by atoms with Crippen LogP contribution in [0.3, 0.4) is 0 Å².